The van der Waals surface area contributed by atoms with E-state index in [-0.39, 0.29) is 11.0 Å². The average Bonchev–Trinajstić information content (AvgIpc) is 3.11. The van der Waals surface area contributed by atoms with Gasteiger partial charge in [-0.15, -0.1) is 10.2 Å². The first-order valence-corrected chi connectivity index (χ1v) is 8.18. The minimum atomic E-state index is -0.00763. The van der Waals surface area contributed by atoms with Gasteiger partial charge in [0, 0.05) is 5.54 Å². The Morgan fingerprint density at radius 2 is 1.80 bits per heavy atom. The monoisotopic (exact) mass is 333 g/mol. The summed E-state index contributed by atoms with van der Waals surface area (Å²) < 4.78 is 2.31. The number of rotatable bonds is 3. The molecule has 0 atom stereocenters. The summed E-state index contributed by atoms with van der Waals surface area (Å²) in [5, 5.41) is 9.68. The zero-order valence-electron chi connectivity index (χ0n) is 12.2. The predicted molar refractivity (Wildman–Crippen MR) is 84.1 cm³/mol. The van der Waals surface area contributed by atoms with Crippen molar-refractivity contribution in [3.63, 3.8) is 0 Å². The lowest BCUT2D eigenvalue weighted by molar-refractivity contribution is 0.366. The molecule has 0 amide bonds. The van der Waals surface area contributed by atoms with Gasteiger partial charge in [-0.25, -0.2) is 0 Å². The minimum absolute atomic E-state index is 0.00763. The highest BCUT2D eigenvalue weighted by Gasteiger charge is 2.51. The van der Waals surface area contributed by atoms with Gasteiger partial charge in [0.25, 0.3) is 0 Å². The summed E-state index contributed by atoms with van der Waals surface area (Å²) in [5.74, 6) is 2.13. The van der Waals surface area contributed by atoms with Crippen LogP contribution in [0.25, 0.3) is 0 Å². The zero-order valence-corrected chi connectivity index (χ0v) is 13.8. The molecule has 1 aromatic carbocycles. The number of alkyl halides is 1. The number of hydrogen-bond donors (Lipinski definition) is 0. The van der Waals surface area contributed by atoms with Crippen LogP contribution >= 0.6 is 15.9 Å². The molecule has 0 unspecified atom stereocenters. The van der Waals surface area contributed by atoms with E-state index in [0.717, 1.165) is 29.8 Å². The van der Waals surface area contributed by atoms with Crippen molar-refractivity contribution in [3.8, 4) is 0 Å². The van der Waals surface area contributed by atoms with Crippen molar-refractivity contribution in [2.75, 3.05) is 0 Å². The summed E-state index contributed by atoms with van der Waals surface area (Å²) in [6.45, 7) is 6.65. The molecule has 3 nitrogen and oxygen atoms in total. The largest absolute Gasteiger partial charge is 0.308 e. The van der Waals surface area contributed by atoms with E-state index in [1.165, 1.54) is 5.56 Å². The molecule has 1 fully saturated rings. The molecule has 1 aliphatic rings. The summed E-state index contributed by atoms with van der Waals surface area (Å²) in [6.07, 6.45) is 2.32. The standard InChI is InChI=1S/C16H20BrN3/c1-15(2,3)20-13(11-17)18-19-14(20)16(9-10-16)12-7-5-4-6-8-12/h4-8H,9-11H2,1-3H3. The molecule has 1 saturated carbocycles. The van der Waals surface area contributed by atoms with Gasteiger partial charge >= 0.3 is 0 Å². The minimum Gasteiger partial charge on any atom is -0.308 e. The van der Waals surface area contributed by atoms with E-state index in [9.17, 15) is 0 Å². The Kier molecular flexibility index (Phi) is 3.24. The number of benzene rings is 1. The van der Waals surface area contributed by atoms with Crippen molar-refractivity contribution in [1.82, 2.24) is 14.8 Å². The molecule has 0 N–H and O–H groups in total. The lowest BCUT2D eigenvalue weighted by atomic mass is 9.93. The molecule has 4 heteroatoms. The first-order valence-electron chi connectivity index (χ1n) is 7.06. The van der Waals surface area contributed by atoms with Crippen LogP contribution in [-0.2, 0) is 16.3 Å². The molecule has 2 aromatic rings. The summed E-state index contributed by atoms with van der Waals surface area (Å²) in [5.41, 5.74) is 1.42. The molecule has 0 saturated heterocycles. The van der Waals surface area contributed by atoms with Crippen molar-refractivity contribution >= 4 is 15.9 Å². The Morgan fingerprint density at radius 3 is 2.30 bits per heavy atom. The van der Waals surface area contributed by atoms with E-state index in [0.29, 0.717) is 0 Å². The Labute approximate surface area is 128 Å². The van der Waals surface area contributed by atoms with Crippen LogP contribution in [0, 0.1) is 0 Å². The zero-order chi connectivity index (χ0) is 14.4. The Hall–Kier alpha value is -1.16. The fourth-order valence-electron chi connectivity index (χ4n) is 2.94. The normalized spacial score (nSPS) is 17.2. The Morgan fingerprint density at radius 1 is 1.15 bits per heavy atom. The highest BCUT2D eigenvalue weighted by atomic mass is 79.9. The molecule has 0 radical (unpaired) electrons. The van der Waals surface area contributed by atoms with E-state index in [4.69, 9.17) is 0 Å². The van der Waals surface area contributed by atoms with Crippen molar-refractivity contribution in [2.45, 2.75) is 49.9 Å². The van der Waals surface area contributed by atoms with Gasteiger partial charge in [-0.1, -0.05) is 46.3 Å². The maximum absolute atomic E-state index is 4.55. The Bertz CT molecular complexity index is 606. The lowest BCUT2D eigenvalue weighted by Gasteiger charge is -2.28. The molecule has 1 aromatic heterocycles. The average molecular weight is 334 g/mol. The molecule has 1 heterocycles. The molecular formula is C16H20BrN3. The molecule has 0 aliphatic heterocycles. The van der Waals surface area contributed by atoms with E-state index < -0.39 is 0 Å². The highest BCUT2D eigenvalue weighted by Crippen LogP contribution is 2.53. The van der Waals surface area contributed by atoms with Gasteiger partial charge in [-0.3, -0.25) is 0 Å². The van der Waals surface area contributed by atoms with Crippen LogP contribution in [0.5, 0.6) is 0 Å². The maximum atomic E-state index is 4.55. The van der Waals surface area contributed by atoms with Crippen LogP contribution in [0.4, 0.5) is 0 Å². The van der Waals surface area contributed by atoms with Gasteiger partial charge in [0.2, 0.25) is 0 Å². The Balaban J connectivity index is 2.14. The van der Waals surface area contributed by atoms with Crippen LogP contribution in [0.2, 0.25) is 0 Å². The van der Waals surface area contributed by atoms with E-state index in [2.05, 4.69) is 81.8 Å². The van der Waals surface area contributed by atoms with Crippen LogP contribution in [0.1, 0.15) is 50.8 Å². The summed E-state index contributed by atoms with van der Waals surface area (Å²) >= 11 is 3.53. The van der Waals surface area contributed by atoms with Crippen LogP contribution in [0.3, 0.4) is 0 Å². The summed E-state index contributed by atoms with van der Waals surface area (Å²) in [6, 6.07) is 10.7. The third-order valence-corrected chi connectivity index (χ3v) is 4.53. The van der Waals surface area contributed by atoms with Crippen LogP contribution in [-0.4, -0.2) is 14.8 Å². The molecule has 0 spiro atoms. The first kappa shape index (κ1) is 13.8. The smallest absolute Gasteiger partial charge is 0.144 e. The molecule has 3 rings (SSSR count). The quantitative estimate of drug-likeness (QED) is 0.794. The van der Waals surface area contributed by atoms with E-state index >= 15 is 0 Å². The second-order valence-electron chi connectivity index (χ2n) is 6.53. The number of halogens is 1. The van der Waals surface area contributed by atoms with E-state index in [1.54, 1.807) is 0 Å². The van der Waals surface area contributed by atoms with Gasteiger partial charge in [0.1, 0.15) is 11.6 Å². The fourth-order valence-corrected chi connectivity index (χ4v) is 3.30. The second kappa shape index (κ2) is 4.69. The SMILES string of the molecule is CC(C)(C)n1c(CBr)nnc1C1(c2ccccc2)CC1. The number of aromatic nitrogens is 3. The predicted octanol–water partition coefficient (Wildman–Crippen LogP) is 4.01. The van der Waals surface area contributed by atoms with Crippen molar-refractivity contribution in [1.29, 1.82) is 0 Å². The molecule has 20 heavy (non-hydrogen) atoms. The van der Waals surface area contributed by atoms with Gasteiger partial charge < -0.3 is 4.57 Å². The highest BCUT2D eigenvalue weighted by molar-refractivity contribution is 9.08. The second-order valence-corrected chi connectivity index (χ2v) is 7.09. The van der Waals surface area contributed by atoms with Crippen LogP contribution < -0.4 is 0 Å². The topological polar surface area (TPSA) is 30.7 Å². The van der Waals surface area contributed by atoms with E-state index in [1.807, 2.05) is 0 Å². The van der Waals surface area contributed by atoms with Gasteiger partial charge in [0.15, 0.2) is 0 Å². The molecule has 0 bridgehead atoms. The molecular weight excluding hydrogens is 314 g/mol. The van der Waals surface area contributed by atoms with Crippen LogP contribution in [0.15, 0.2) is 30.3 Å². The van der Waals surface area contributed by atoms with Crippen molar-refractivity contribution < 1.29 is 0 Å². The third kappa shape index (κ3) is 2.10. The number of hydrogen-bond acceptors (Lipinski definition) is 2. The summed E-state index contributed by atoms with van der Waals surface area (Å²) in [4.78, 5) is 0. The molecule has 106 valence electrons. The first-order chi connectivity index (χ1) is 9.49. The van der Waals surface area contributed by atoms with Gasteiger partial charge in [-0.2, -0.15) is 0 Å². The lowest BCUT2D eigenvalue weighted by Crippen LogP contribution is -2.29. The fraction of sp³-hybridized carbons (Fsp3) is 0.500. The van der Waals surface area contributed by atoms with Gasteiger partial charge in [0.05, 0.1) is 10.7 Å². The summed E-state index contributed by atoms with van der Waals surface area (Å²) in [7, 11) is 0. The van der Waals surface area contributed by atoms with Crippen molar-refractivity contribution in [2.24, 2.45) is 0 Å². The van der Waals surface area contributed by atoms with Gasteiger partial charge in [-0.05, 0) is 39.2 Å². The maximum Gasteiger partial charge on any atom is 0.144 e. The third-order valence-electron chi connectivity index (χ3n) is 4.02. The number of nitrogens with zero attached hydrogens (tertiary/aromatic N) is 3. The molecule has 1 aliphatic carbocycles. The van der Waals surface area contributed by atoms with Crippen molar-refractivity contribution in [3.05, 3.63) is 47.5 Å².